The summed E-state index contributed by atoms with van der Waals surface area (Å²) in [6.45, 7) is 4.08. The van der Waals surface area contributed by atoms with Gasteiger partial charge in [-0.1, -0.05) is 0 Å². The summed E-state index contributed by atoms with van der Waals surface area (Å²) in [4.78, 5) is 11.8. The maximum absolute atomic E-state index is 11.8. The van der Waals surface area contributed by atoms with Crippen molar-refractivity contribution in [3.05, 3.63) is 45.3 Å². The molecule has 0 amide bonds. The molecule has 0 bridgehead atoms. The average Bonchev–Trinajstić information content (AvgIpc) is 2.46. The Balaban J connectivity index is 2.06. The molecule has 1 aliphatic heterocycles. The molecule has 1 aromatic heterocycles. The van der Waals surface area contributed by atoms with Gasteiger partial charge in [0.25, 0.3) is 0 Å². The number of benzene rings is 1. The molecule has 3 heteroatoms. The van der Waals surface area contributed by atoms with Crippen molar-refractivity contribution in [3.63, 3.8) is 0 Å². The molecule has 1 aliphatic carbocycles. The van der Waals surface area contributed by atoms with E-state index < -0.39 is 0 Å². The first kappa shape index (κ1) is 12.7. The van der Waals surface area contributed by atoms with E-state index in [-0.39, 0.29) is 11.7 Å². The number of aryl methyl sites for hydroxylation is 1. The number of hydrogen-bond acceptors (Lipinski definition) is 3. The molecule has 1 atom stereocenters. The van der Waals surface area contributed by atoms with Crippen LogP contribution in [0.15, 0.2) is 33.0 Å². The van der Waals surface area contributed by atoms with Gasteiger partial charge >= 0.3 is 5.63 Å². The first-order chi connectivity index (χ1) is 10.1. The van der Waals surface area contributed by atoms with Crippen LogP contribution in [-0.4, -0.2) is 6.10 Å². The molecule has 1 fully saturated rings. The summed E-state index contributed by atoms with van der Waals surface area (Å²) in [5.74, 6) is 0.851. The standard InChI is InChI=1S/C18H18O3/c1-10-9-16(19)21-18-12(10)7-8-15-17(18)11(2)13-5-3-4-6-14(13)20-15/h7-9,14H,3-6H2,1-2H3. The Kier molecular flexibility index (Phi) is 2.71. The Labute approximate surface area is 123 Å². The van der Waals surface area contributed by atoms with Gasteiger partial charge in [-0.15, -0.1) is 0 Å². The van der Waals surface area contributed by atoms with Crippen molar-refractivity contribution in [2.45, 2.75) is 45.6 Å². The lowest BCUT2D eigenvalue weighted by Gasteiger charge is -2.33. The zero-order valence-electron chi connectivity index (χ0n) is 12.4. The lowest BCUT2D eigenvalue weighted by atomic mass is 9.84. The molecule has 0 saturated heterocycles. The molecule has 3 nitrogen and oxygen atoms in total. The van der Waals surface area contributed by atoms with E-state index in [1.54, 1.807) is 6.07 Å². The summed E-state index contributed by atoms with van der Waals surface area (Å²) in [5, 5.41) is 0.992. The van der Waals surface area contributed by atoms with Gasteiger partial charge in [0.1, 0.15) is 17.4 Å². The summed E-state index contributed by atoms with van der Waals surface area (Å²) in [7, 11) is 0. The van der Waals surface area contributed by atoms with Crippen molar-refractivity contribution in [2.24, 2.45) is 0 Å². The van der Waals surface area contributed by atoms with Crippen molar-refractivity contribution in [1.82, 2.24) is 0 Å². The molecule has 0 spiro atoms. The Morgan fingerprint density at radius 1 is 1.19 bits per heavy atom. The third-order valence-electron chi connectivity index (χ3n) is 4.76. The fraction of sp³-hybridized carbons (Fsp3) is 0.389. The van der Waals surface area contributed by atoms with Gasteiger partial charge < -0.3 is 9.15 Å². The third kappa shape index (κ3) is 1.84. The third-order valence-corrected chi connectivity index (χ3v) is 4.76. The van der Waals surface area contributed by atoms with Crippen LogP contribution in [-0.2, 0) is 0 Å². The van der Waals surface area contributed by atoms with Gasteiger partial charge in [-0.25, -0.2) is 4.79 Å². The summed E-state index contributed by atoms with van der Waals surface area (Å²) < 4.78 is 11.7. The second-order valence-electron chi connectivity index (χ2n) is 6.07. The van der Waals surface area contributed by atoms with Crippen molar-refractivity contribution in [1.29, 1.82) is 0 Å². The van der Waals surface area contributed by atoms with Gasteiger partial charge in [0.05, 0.1) is 5.56 Å². The smallest absolute Gasteiger partial charge is 0.336 e. The quantitative estimate of drug-likeness (QED) is 0.679. The monoisotopic (exact) mass is 282 g/mol. The average molecular weight is 282 g/mol. The van der Waals surface area contributed by atoms with Gasteiger partial charge in [0.2, 0.25) is 0 Å². The molecule has 1 unspecified atom stereocenters. The highest BCUT2D eigenvalue weighted by Gasteiger charge is 2.30. The highest BCUT2D eigenvalue weighted by molar-refractivity contribution is 5.95. The van der Waals surface area contributed by atoms with Crippen LogP contribution in [0.4, 0.5) is 0 Å². The van der Waals surface area contributed by atoms with Crippen molar-refractivity contribution < 1.29 is 9.15 Å². The molecule has 21 heavy (non-hydrogen) atoms. The van der Waals surface area contributed by atoms with Gasteiger partial charge in [-0.05, 0) is 68.4 Å². The molecular formula is C18H18O3. The highest BCUT2D eigenvalue weighted by atomic mass is 16.5. The van der Waals surface area contributed by atoms with E-state index in [0.29, 0.717) is 5.58 Å². The van der Waals surface area contributed by atoms with E-state index in [2.05, 4.69) is 6.92 Å². The van der Waals surface area contributed by atoms with Gasteiger partial charge in [-0.3, -0.25) is 0 Å². The Bertz CT molecular complexity index is 826. The van der Waals surface area contributed by atoms with Gasteiger partial charge in [0, 0.05) is 11.5 Å². The second kappa shape index (κ2) is 4.48. The molecule has 2 heterocycles. The number of hydrogen-bond donors (Lipinski definition) is 0. The molecule has 1 saturated carbocycles. The molecule has 2 aliphatic rings. The predicted octanol–water partition coefficient (Wildman–Crippen LogP) is 4.21. The highest BCUT2D eigenvalue weighted by Crippen LogP contribution is 2.44. The van der Waals surface area contributed by atoms with Crippen molar-refractivity contribution in [2.75, 3.05) is 0 Å². The van der Waals surface area contributed by atoms with E-state index in [4.69, 9.17) is 9.15 Å². The number of rotatable bonds is 0. The molecule has 0 N–H and O–H groups in total. The van der Waals surface area contributed by atoms with E-state index in [1.165, 1.54) is 24.0 Å². The molecule has 2 aromatic rings. The predicted molar refractivity (Wildman–Crippen MR) is 82.7 cm³/mol. The number of fused-ring (bicyclic) bond motifs is 4. The van der Waals surface area contributed by atoms with E-state index >= 15 is 0 Å². The lowest BCUT2D eigenvalue weighted by Crippen LogP contribution is -2.27. The molecular weight excluding hydrogens is 264 g/mol. The Morgan fingerprint density at radius 3 is 2.90 bits per heavy atom. The maximum atomic E-state index is 11.8. The second-order valence-corrected chi connectivity index (χ2v) is 6.07. The van der Waals surface area contributed by atoms with Crippen molar-refractivity contribution >= 4 is 16.5 Å². The largest absolute Gasteiger partial charge is 0.485 e. The van der Waals surface area contributed by atoms with E-state index in [1.807, 2.05) is 19.1 Å². The minimum Gasteiger partial charge on any atom is -0.485 e. The molecule has 1 aromatic carbocycles. The minimum absolute atomic E-state index is 0.209. The van der Waals surface area contributed by atoms with E-state index in [9.17, 15) is 4.79 Å². The Hall–Kier alpha value is -2.03. The summed E-state index contributed by atoms with van der Waals surface area (Å²) >= 11 is 0. The fourth-order valence-electron chi connectivity index (χ4n) is 3.67. The van der Waals surface area contributed by atoms with Crippen LogP contribution in [0.2, 0.25) is 0 Å². The fourth-order valence-corrected chi connectivity index (χ4v) is 3.67. The van der Waals surface area contributed by atoms with E-state index in [0.717, 1.165) is 35.1 Å². The summed E-state index contributed by atoms with van der Waals surface area (Å²) in [6.07, 6.45) is 4.82. The van der Waals surface area contributed by atoms with Crippen LogP contribution in [0.1, 0.15) is 43.7 Å². The lowest BCUT2D eigenvalue weighted by molar-refractivity contribution is 0.199. The minimum atomic E-state index is -0.294. The van der Waals surface area contributed by atoms with Gasteiger partial charge in [0.15, 0.2) is 0 Å². The van der Waals surface area contributed by atoms with Crippen LogP contribution in [0.5, 0.6) is 5.75 Å². The Morgan fingerprint density at radius 2 is 2.05 bits per heavy atom. The normalized spacial score (nSPS) is 21.0. The SMILES string of the molecule is CC1=C2CCCCC2Oc2ccc3c(C)cc(=O)oc3c21. The van der Waals surface area contributed by atoms with Crippen molar-refractivity contribution in [3.8, 4) is 5.75 Å². The van der Waals surface area contributed by atoms with Crippen LogP contribution in [0, 0.1) is 6.92 Å². The first-order valence-electron chi connectivity index (χ1n) is 7.59. The van der Waals surface area contributed by atoms with Gasteiger partial charge in [-0.2, -0.15) is 0 Å². The zero-order valence-corrected chi connectivity index (χ0v) is 12.4. The maximum Gasteiger partial charge on any atom is 0.336 e. The number of ether oxygens (including phenoxy) is 1. The van der Waals surface area contributed by atoms with Crippen LogP contribution >= 0.6 is 0 Å². The van der Waals surface area contributed by atoms with Crippen LogP contribution < -0.4 is 10.4 Å². The summed E-state index contributed by atoms with van der Waals surface area (Å²) in [5.41, 5.74) is 4.92. The number of allylic oxidation sites excluding steroid dienone is 1. The molecule has 108 valence electrons. The first-order valence-corrected chi connectivity index (χ1v) is 7.59. The van der Waals surface area contributed by atoms with Crippen LogP contribution in [0.25, 0.3) is 16.5 Å². The summed E-state index contributed by atoms with van der Waals surface area (Å²) in [6, 6.07) is 5.55. The molecule has 0 radical (unpaired) electrons. The zero-order chi connectivity index (χ0) is 14.6. The topological polar surface area (TPSA) is 39.4 Å². The van der Waals surface area contributed by atoms with Crippen LogP contribution in [0.3, 0.4) is 0 Å². The molecule has 4 rings (SSSR count).